The first-order chi connectivity index (χ1) is 11.3. The molecular weight excluding hydrogens is 316 g/mol. The average molecular weight is 336 g/mol. The molecule has 2 rings (SSSR count). The van der Waals surface area contributed by atoms with E-state index in [1.165, 1.54) is 6.20 Å². The van der Waals surface area contributed by atoms with Gasteiger partial charge in [0.25, 0.3) is 0 Å². The number of anilines is 1. The van der Waals surface area contributed by atoms with Crippen LogP contribution < -0.4 is 21.3 Å². The number of hydrazine groups is 1. The molecule has 1 saturated carbocycles. The van der Waals surface area contributed by atoms with Crippen molar-refractivity contribution >= 4 is 23.5 Å². The number of hydrogen-bond donors (Lipinski definition) is 4. The molecule has 0 unspecified atom stereocenters. The molecule has 0 atom stereocenters. The van der Waals surface area contributed by atoms with Crippen molar-refractivity contribution in [1.29, 1.82) is 0 Å². The van der Waals surface area contributed by atoms with Crippen molar-refractivity contribution in [2.75, 3.05) is 5.32 Å². The fraction of sp³-hybridized carbons (Fsp3) is 0.467. The first-order valence-corrected chi connectivity index (χ1v) is 7.52. The molecule has 2 amide bonds. The first kappa shape index (κ1) is 17.7. The number of hydrogen-bond acceptors (Lipinski definition) is 6. The summed E-state index contributed by atoms with van der Waals surface area (Å²) < 4.78 is 5.74. The van der Waals surface area contributed by atoms with Crippen LogP contribution in [-0.2, 0) is 14.4 Å². The third-order valence-corrected chi connectivity index (χ3v) is 4.17. The van der Waals surface area contributed by atoms with E-state index in [0.717, 1.165) is 0 Å². The molecule has 1 aliphatic rings. The molecule has 1 aromatic rings. The zero-order chi connectivity index (χ0) is 17.7. The lowest BCUT2D eigenvalue weighted by molar-refractivity contribution is -0.150. The minimum absolute atomic E-state index is 0.0895. The second-order valence-corrected chi connectivity index (χ2v) is 6.00. The van der Waals surface area contributed by atoms with E-state index < -0.39 is 23.2 Å². The lowest BCUT2D eigenvalue weighted by atomic mass is 9.75. The number of carbonyl (C=O) groups is 3. The van der Waals surface area contributed by atoms with E-state index >= 15 is 0 Å². The highest BCUT2D eigenvalue weighted by molar-refractivity contribution is 6.39. The number of ether oxygens (including phenoxy) is 1. The normalized spacial score (nSPS) is 23.2. The third kappa shape index (κ3) is 4.19. The Labute approximate surface area is 138 Å². The molecular formula is C15H20N4O5. The van der Waals surface area contributed by atoms with Gasteiger partial charge in [0.2, 0.25) is 5.88 Å². The second kappa shape index (κ2) is 7.26. The smallest absolute Gasteiger partial charge is 0.323 e. The number of nitrogens with one attached hydrogen (secondary N) is 2. The van der Waals surface area contributed by atoms with Crippen LogP contribution in [0.1, 0.15) is 32.6 Å². The number of carbonyl (C=O) groups excluding carboxylic acids is 2. The summed E-state index contributed by atoms with van der Waals surface area (Å²) in [5.74, 6) is 2.60. The van der Waals surface area contributed by atoms with Gasteiger partial charge < -0.3 is 15.2 Å². The van der Waals surface area contributed by atoms with Crippen LogP contribution in [0, 0.1) is 5.41 Å². The van der Waals surface area contributed by atoms with E-state index in [1.807, 2.05) is 0 Å². The predicted octanol–water partition coefficient (Wildman–Crippen LogP) is 0.422. The molecule has 5 N–H and O–H groups in total. The fourth-order valence-electron chi connectivity index (χ4n) is 2.51. The van der Waals surface area contributed by atoms with Gasteiger partial charge in [-0.2, -0.15) is 0 Å². The Hall–Kier alpha value is -2.68. The molecule has 9 heteroatoms. The highest BCUT2D eigenvalue weighted by atomic mass is 16.5. The highest BCUT2D eigenvalue weighted by Crippen LogP contribution is 2.37. The molecule has 1 fully saturated rings. The molecule has 0 spiro atoms. The maximum absolute atomic E-state index is 11.4. The number of pyridine rings is 1. The van der Waals surface area contributed by atoms with Crippen LogP contribution in [0.25, 0.3) is 0 Å². The Kier molecular flexibility index (Phi) is 5.35. The number of nitrogens with zero attached hydrogens (tertiary/aromatic N) is 1. The predicted molar refractivity (Wildman–Crippen MR) is 83.8 cm³/mol. The molecule has 9 nitrogen and oxygen atoms in total. The molecule has 0 radical (unpaired) electrons. The number of carboxylic acid groups (broad SMARTS) is 1. The molecule has 0 saturated heterocycles. The van der Waals surface area contributed by atoms with Crippen LogP contribution in [0.15, 0.2) is 18.3 Å². The summed E-state index contributed by atoms with van der Waals surface area (Å²) in [6.45, 7) is 1.75. The molecule has 130 valence electrons. The average Bonchev–Trinajstić information content (AvgIpc) is 2.57. The van der Waals surface area contributed by atoms with Gasteiger partial charge in [-0.05, 0) is 38.7 Å². The fourth-order valence-corrected chi connectivity index (χ4v) is 2.51. The zero-order valence-corrected chi connectivity index (χ0v) is 13.2. The Balaban J connectivity index is 1.88. The van der Waals surface area contributed by atoms with Gasteiger partial charge in [0, 0.05) is 6.07 Å². The van der Waals surface area contributed by atoms with Gasteiger partial charge in [0.1, 0.15) is 6.10 Å². The number of aliphatic carboxylic acids is 1. The minimum atomic E-state index is -0.959. The number of rotatable bonds is 4. The van der Waals surface area contributed by atoms with Crippen molar-refractivity contribution in [3.8, 4) is 5.88 Å². The Bertz CT molecular complexity index is 623. The van der Waals surface area contributed by atoms with Crippen LogP contribution >= 0.6 is 0 Å². The molecule has 0 aromatic carbocycles. The van der Waals surface area contributed by atoms with Gasteiger partial charge >= 0.3 is 17.8 Å². The van der Waals surface area contributed by atoms with Crippen LogP contribution in [0.5, 0.6) is 5.88 Å². The summed E-state index contributed by atoms with van der Waals surface area (Å²) in [5.41, 5.74) is 1.37. The summed E-state index contributed by atoms with van der Waals surface area (Å²) in [6.07, 6.45) is 3.65. The topological polar surface area (TPSA) is 144 Å². The maximum atomic E-state index is 11.4. The quantitative estimate of drug-likeness (QED) is 0.270. The SMILES string of the molecule is CC1(C(=O)O)CCC(Oc2ccc(NC(=O)C(=O)NN)cn2)CC1. The third-order valence-electron chi connectivity index (χ3n) is 4.17. The first-order valence-electron chi connectivity index (χ1n) is 7.52. The lowest BCUT2D eigenvalue weighted by Crippen LogP contribution is -2.39. The van der Waals surface area contributed by atoms with Gasteiger partial charge in [0.15, 0.2) is 0 Å². The van der Waals surface area contributed by atoms with Gasteiger partial charge in [-0.3, -0.25) is 19.8 Å². The molecule has 1 aliphatic carbocycles. The van der Waals surface area contributed by atoms with Gasteiger partial charge in [-0.25, -0.2) is 10.8 Å². The molecule has 0 bridgehead atoms. The second-order valence-electron chi connectivity index (χ2n) is 6.00. The monoisotopic (exact) mass is 336 g/mol. The number of carboxylic acids is 1. The Morgan fingerprint density at radius 1 is 1.29 bits per heavy atom. The Morgan fingerprint density at radius 3 is 2.46 bits per heavy atom. The van der Waals surface area contributed by atoms with E-state index in [-0.39, 0.29) is 6.10 Å². The van der Waals surface area contributed by atoms with E-state index in [4.69, 9.17) is 10.6 Å². The van der Waals surface area contributed by atoms with E-state index in [9.17, 15) is 19.5 Å². The molecule has 0 aliphatic heterocycles. The van der Waals surface area contributed by atoms with Crippen molar-refractivity contribution in [1.82, 2.24) is 10.4 Å². The van der Waals surface area contributed by atoms with Crippen LogP contribution in [0.2, 0.25) is 0 Å². The zero-order valence-electron chi connectivity index (χ0n) is 13.2. The maximum Gasteiger partial charge on any atom is 0.323 e. The number of nitrogens with two attached hydrogens (primary N) is 1. The summed E-state index contributed by atoms with van der Waals surface area (Å²) in [6, 6.07) is 3.12. The van der Waals surface area contributed by atoms with Crippen LogP contribution in [-0.4, -0.2) is 34.0 Å². The van der Waals surface area contributed by atoms with E-state index in [0.29, 0.717) is 37.3 Å². The van der Waals surface area contributed by atoms with Crippen molar-refractivity contribution in [2.24, 2.45) is 11.3 Å². The summed E-state index contributed by atoms with van der Waals surface area (Å²) in [7, 11) is 0. The van der Waals surface area contributed by atoms with Gasteiger partial charge in [-0.15, -0.1) is 0 Å². The number of aromatic nitrogens is 1. The summed E-state index contributed by atoms with van der Waals surface area (Å²) in [5, 5.41) is 11.5. The van der Waals surface area contributed by atoms with Crippen LogP contribution in [0.4, 0.5) is 5.69 Å². The minimum Gasteiger partial charge on any atom is -0.481 e. The molecule has 24 heavy (non-hydrogen) atoms. The van der Waals surface area contributed by atoms with Crippen molar-refractivity contribution in [3.63, 3.8) is 0 Å². The van der Waals surface area contributed by atoms with Crippen LogP contribution in [0.3, 0.4) is 0 Å². The van der Waals surface area contributed by atoms with E-state index in [1.54, 1.807) is 24.5 Å². The molecule has 1 aromatic heterocycles. The van der Waals surface area contributed by atoms with Crippen molar-refractivity contribution in [3.05, 3.63) is 18.3 Å². The summed E-state index contributed by atoms with van der Waals surface area (Å²) in [4.78, 5) is 37.6. The lowest BCUT2D eigenvalue weighted by Gasteiger charge is -2.33. The summed E-state index contributed by atoms with van der Waals surface area (Å²) >= 11 is 0. The highest BCUT2D eigenvalue weighted by Gasteiger charge is 2.38. The molecule has 1 heterocycles. The van der Waals surface area contributed by atoms with Gasteiger partial charge in [0.05, 0.1) is 17.3 Å². The number of amides is 2. The largest absolute Gasteiger partial charge is 0.481 e. The van der Waals surface area contributed by atoms with Crippen molar-refractivity contribution < 1.29 is 24.2 Å². The standard InChI is InChI=1S/C15H20N4O5/c1-15(14(22)23)6-4-10(5-7-15)24-11-3-2-9(8-17-11)18-12(20)13(21)19-16/h2-3,8,10H,4-7,16H2,1H3,(H,18,20)(H,19,21)(H,22,23). The Morgan fingerprint density at radius 2 is 1.96 bits per heavy atom. The van der Waals surface area contributed by atoms with E-state index in [2.05, 4.69) is 10.3 Å². The van der Waals surface area contributed by atoms with Crippen molar-refractivity contribution in [2.45, 2.75) is 38.7 Å². The van der Waals surface area contributed by atoms with Gasteiger partial charge in [-0.1, -0.05) is 0 Å².